The van der Waals surface area contributed by atoms with Crippen LogP contribution in [-0.2, 0) is 4.74 Å². The zero-order chi connectivity index (χ0) is 18.4. The van der Waals surface area contributed by atoms with E-state index in [1.807, 2.05) is 30.3 Å². The van der Waals surface area contributed by atoms with Crippen molar-refractivity contribution in [2.45, 2.75) is 6.10 Å². The maximum atomic E-state index is 13.4. The molecule has 0 bridgehead atoms. The van der Waals surface area contributed by atoms with Gasteiger partial charge in [-0.1, -0.05) is 30.0 Å². The van der Waals surface area contributed by atoms with E-state index in [1.165, 1.54) is 12.1 Å². The lowest BCUT2D eigenvalue weighted by molar-refractivity contribution is 0.0164. The van der Waals surface area contributed by atoms with E-state index in [0.29, 0.717) is 0 Å². The summed E-state index contributed by atoms with van der Waals surface area (Å²) >= 11 is 0. The zero-order valence-corrected chi connectivity index (χ0v) is 15.2. The number of hydrogen-bond donors (Lipinski definition) is 2. The second-order valence-electron chi connectivity index (χ2n) is 5.80. The van der Waals surface area contributed by atoms with E-state index < -0.39 is 6.10 Å². The van der Waals surface area contributed by atoms with Crippen molar-refractivity contribution >= 4 is 23.3 Å². The topological polar surface area (TPSA) is 62.6 Å². The Morgan fingerprint density at radius 1 is 1.11 bits per heavy atom. The van der Waals surface area contributed by atoms with Crippen molar-refractivity contribution in [2.75, 3.05) is 19.8 Å². The highest BCUT2D eigenvalue weighted by Crippen LogP contribution is 2.23. The molecule has 0 spiro atoms. The van der Waals surface area contributed by atoms with Crippen LogP contribution in [0.1, 0.15) is 5.56 Å². The molecule has 0 aliphatic rings. The number of aromatic nitrogens is 1. The van der Waals surface area contributed by atoms with Gasteiger partial charge in [0.2, 0.25) is 0 Å². The molecule has 27 heavy (non-hydrogen) atoms. The molecule has 4 nitrogen and oxygen atoms in total. The molecule has 3 rings (SSSR count). The highest BCUT2D eigenvalue weighted by atomic mass is 35.5. The molecular formula is C21H19ClFNO3. The monoisotopic (exact) mass is 387 g/mol. The van der Waals surface area contributed by atoms with Gasteiger partial charge in [-0.2, -0.15) is 0 Å². The number of fused-ring (bicyclic) bond motifs is 1. The first kappa shape index (κ1) is 20.8. The fourth-order valence-electron chi connectivity index (χ4n) is 2.46. The molecule has 0 amide bonds. The minimum Gasteiger partial charge on any atom is -0.394 e. The Morgan fingerprint density at radius 3 is 2.74 bits per heavy atom. The fraction of sp³-hybridized carbons (Fsp3) is 0.190. The number of rotatable bonds is 5. The summed E-state index contributed by atoms with van der Waals surface area (Å²) in [5.41, 5.74) is 3.24. The summed E-state index contributed by atoms with van der Waals surface area (Å²) in [4.78, 5) is 4.44. The zero-order valence-electron chi connectivity index (χ0n) is 14.4. The Hall–Kier alpha value is -2.49. The Morgan fingerprint density at radius 2 is 1.96 bits per heavy atom. The number of nitrogens with zero attached hydrogens (tertiary/aromatic N) is 1. The molecule has 0 saturated heterocycles. The molecule has 0 saturated carbocycles. The van der Waals surface area contributed by atoms with Crippen LogP contribution in [0.2, 0.25) is 0 Å². The summed E-state index contributed by atoms with van der Waals surface area (Å²) in [6, 6.07) is 14.1. The molecule has 2 N–H and O–H groups in total. The Kier molecular flexibility index (Phi) is 7.71. The first-order valence-electron chi connectivity index (χ1n) is 8.17. The van der Waals surface area contributed by atoms with E-state index in [2.05, 4.69) is 16.8 Å². The Balaban J connectivity index is 0.00000261. The summed E-state index contributed by atoms with van der Waals surface area (Å²) in [7, 11) is 0. The number of pyridine rings is 1. The normalized spacial score (nSPS) is 11.4. The van der Waals surface area contributed by atoms with E-state index >= 15 is 0 Å². The number of halogens is 2. The molecule has 0 unspecified atom stereocenters. The number of aliphatic hydroxyl groups excluding tert-OH is 2. The summed E-state index contributed by atoms with van der Waals surface area (Å²) in [5, 5.41) is 18.8. The van der Waals surface area contributed by atoms with E-state index in [9.17, 15) is 4.39 Å². The van der Waals surface area contributed by atoms with Crippen LogP contribution in [0, 0.1) is 17.7 Å². The van der Waals surface area contributed by atoms with Crippen molar-refractivity contribution in [1.29, 1.82) is 0 Å². The van der Waals surface area contributed by atoms with Crippen LogP contribution in [0.15, 0.2) is 54.7 Å². The van der Waals surface area contributed by atoms with Crippen molar-refractivity contribution in [1.82, 2.24) is 4.98 Å². The number of aliphatic hydroxyl groups is 2. The molecule has 0 fully saturated rings. The molecule has 1 atom stereocenters. The van der Waals surface area contributed by atoms with Gasteiger partial charge in [-0.05, 0) is 35.9 Å². The molecule has 2 aromatic carbocycles. The van der Waals surface area contributed by atoms with E-state index in [-0.39, 0.29) is 38.0 Å². The van der Waals surface area contributed by atoms with Gasteiger partial charge in [0.1, 0.15) is 18.5 Å². The molecule has 1 aromatic heterocycles. The van der Waals surface area contributed by atoms with Crippen molar-refractivity contribution < 1.29 is 19.3 Å². The second-order valence-corrected chi connectivity index (χ2v) is 5.80. The predicted molar refractivity (Wildman–Crippen MR) is 105 cm³/mol. The predicted octanol–water partition coefficient (Wildman–Crippen LogP) is 3.18. The van der Waals surface area contributed by atoms with Gasteiger partial charge >= 0.3 is 0 Å². The van der Waals surface area contributed by atoms with Gasteiger partial charge in [-0.25, -0.2) is 4.39 Å². The lowest BCUT2D eigenvalue weighted by Gasteiger charge is -2.05. The van der Waals surface area contributed by atoms with Crippen LogP contribution in [0.3, 0.4) is 0 Å². The van der Waals surface area contributed by atoms with Crippen LogP contribution < -0.4 is 0 Å². The highest BCUT2D eigenvalue weighted by Gasteiger charge is 2.03. The minimum absolute atomic E-state index is 0. The third-order valence-electron chi connectivity index (χ3n) is 3.77. The maximum Gasteiger partial charge on any atom is 0.123 e. The number of ether oxygens (including phenoxy) is 1. The molecule has 3 aromatic rings. The summed E-state index contributed by atoms with van der Waals surface area (Å²) < 4.78 is 18.5. The van der Waals surface area contributed by atoms with Gasteiger partial charge in [0.05, 0.1) is 18.7 Å². The van der Waals surface area contributed by atoms with E-state index in [0.717, 1.165) is 27.6 Å². The molecule has 0 aliphatic heterocycles. The van der Waals surface area contributed by atoms with Gasteiger partial charge in [0, 0.05) is 22.7 Å². The van der Waals surface area contributed by atoms with Gasteiger partial charge in [0.15, 0.2) is 0 Å². The standard InChI is InChI=1S/C21H18FNO3.ClH/c22-19-5-1-4-16(11-19)18-10-17-7-6-15(9-21(17)23-12-18)3-2-8-26-14-20(25)13-24;/h1,4-7,9-12,20,24-25H,8,13-14H2;1H/t20-;/m0./s1. The van der Waals surface area contributed by atoms with Crippen molar-refractivity contribution in [3.63, 3.8) is 0 Å². The largest absolute Gasteiger partial charge is 0.394 e. The minimum atomic E-state index is -0.881. The van der Waals surface area contributed by atoms with Crippen molar-refractivity contribution in [3.05, 3.63) is 66.1 Å². The molecule has 140 valence electrons. The average Bonchev–Trinajstić information content (AvgIpc) is 2.67. The van der Waals surface area contributed by atoms with Crippen molar-refractivity contribution in [2.24, 2.45) is 0 Å². The molecule has 0 radical (unpaired) electrons. The highest BCUT2D eigenvalue weighted by molar-refractivity contribution is 5.85. The molecule has 6 heteroatoms. The quantitative estimate of drug-likeness (QED) is 0.521. The lowest BCUT2D eigenvalue weighted by atomic mass is 10.0. The van der Waals surface area contributed by atoms with Crippen molar-refractivity contribution in [3.8, 4) is 23.0 Å². The fourth-order valence-corrected chi connectivity index (χ4v) is 2.46. The average molecular weight is 388 g/mol. The van der Waals surface area contributed by atoms with Crippen LogP contribution in [0.5, 0.6) is 0 Å². The molecule has 1 heterocycles. The van der Waals surface area contributed by atoms with Crippen LogP contribution in [0.25, 0.3) is 22.0 Å². The Labute approximate surface area is 163 Å². The summed E-state index contributed by atoms with van der Waals surface area (Å²) in [5.74, 6) is 5.55. The first-order chi connectivity index (χ1) is 12.7. The van der Waals surface area contributed by atoms with E-state index in [4.69, 9.17) is 14.9 Å². The van der Waals surface area contributed by atoms with Gasteiger partial charge in [-0.3, -0.25) is 4.98 Å². The molecular weight excluding hydrogens is 369 g/mol. The lowest BCUT2D eigenvalue weighted by Crippen LogP contribution is -2.19. The van der Waals surface area contributed by atoms with Gasteiger partial charge < -0.3 is 14.9 Å². The van der Waals surface area contributed by atoms with Crippen LogP contribution in [0.4, 0.5) is 4.39 Å². The van der Waals surface area contributed by atoms with Gasteiger partial charge in [0.25, 0.3) is 0 Å². The van der Waals surface area contributed by atoms with Crippen LogP contribution in [-0.4, -0.2) is 41.1 Å². The third-order valence-corrected chi connectivity index (χ3v) is 3.77. The SMILES string of the molecule is Cl.OC[C@H](O)COCC#Cc1ccc2cc(-c3cccc(F)c3)cnc2c1. The number of benzene rings is 2. The third kappa shape index (κ3) is 5.75. The smallest absolute Gasteiger partial charge is 0.123 e. The number of hydrogen-bond acceptors (Lipinski definition) is 4. The summed E-state index contributed by atoms with van der Waals surface area (Å²) in [6.45, 7) is -0.115. The van der Waals surface area contributed by atoms with E-state index in [1.54, 1.807) is 12.3 Å². The Bertz CT molecular complexity index is 968. The molecule has 0 aliphatic carbocycles. The first-order valence-corrected chi connectivity index (χ1v) is 8.17. The van der Waals surface area contributed by atoms with Crippen LogP contribution >= 0.6 is 12.4 Å². The van der Waals surface area contributed by atoms with Gasteiger partial charge in [-0.15, -0.1) is 12.4 Å². The second kappa shape index (κ2) is 10.0. The maximum absolute atomic E-state index is 13.4. The summed E-state index contributed by atoms with van der Waals surface area (Å²) in [6.07, 6.45) is 0.835.